The zero-order valence-electron chi connectivity index (χ0n) is 16.3. The van der Waals surface area contributed by atoms with E-state index < -0.39 is 0 Å². The second-order valence-electron chi connectivity index (χ2n) is 6.89. The van der Waals surface area contributed by atoms with Crippen LogP contribution in [0.25, 0.3) is 22.4 Å². The molecule has 0 radical (unpaired) electrons. The number of aromatic amines is 1. The van der Waals surface area contributed by atoms with Gasteiger partial charge < -0.3 is 5.32 Å². The molecule has 6 heteroatoms. The Labute approximate surface area is 174 Å². The van der Waals surface area contributed by atoms with Gasteiger partial charge in [-0.25, -0.2) is 4.98 Å². The van der Waals surface area contributed by atoms with Gasteiger partial charge in [-0.15, -0.1) is 0 Å². The fourth-order valence-electron chi connectivity index (χ4n) is 3.25. The van der Waals surface area contributed by atoms with Crippen LogP contribution < -0.4 is 5.32 Å². The molecular weight excluding hydrogens is 372 g/mol. The summed E-state index contributed by atoms with van der Waals surface area (Å²) in [5, 5.41) is 28.7. The molecule has 0 saturated heterocycles. The molecule has 30 heavy (non-hydrogen) atoms. The van der Waals surface area contributed by atoms with E-state index in [4.69, 9.17) is 10.5 Å². The number of aromatic nitrogens is 3. The van der Waals surface area contributed by atoms with Crippen molar-refractivity contribution in [1.82, 2.24) is 15.2 Å². The van der Waals surface area contributed by atoms with Gasteiger partial charge in [0.05, 0.1) is 41.2 Å². The minimum absolute atomic E-state index is 0.548. The van der Waals surface area contributed by atoms with E-state index >= 15 is 0 Å². The first-order valence-electron chi connectivity index (χ1n) is 9.42. The molecule has 144 valence electrons. The van der Waals surface area contributed by atoms with Crippen molar-refractivity contribution in [1.29, 1.82) is 10.5 Å². The lowest BCUT2D eigenvalue weighted by atomic mass is 9.99. The highest BCUT2D eigenvalue weighted by atomic mass is 15.1. The molecule has 0 aliphatic carbocycles. The summed E-state index contributed by atoms with van der Waals surface area (Å²) >= 11 is 0. The van der Waals surface area contributed by atoms with Crippen LogP contribution in [0.4, 0.5) is 5.82 Å². The van der Waals surface area contributed by atoms with Crippen LogP contribution in [0.1, 0.15) is 22.4 Å². The van der Waals surface area contributed by atoms with Crippen molar-refractivity contribution >= 4 is 5.82 Å². The highest BCUT2D eigenvalue weighted by molar-refractivity contribution is 5.70. The first-order valence-corrected chi connectivity index (χ1v) is 9.42. The minimum Gasteiger partial charge on any atom is -0.364 e. The third-order valence-electron chi connectivity index (χ3n) is 4.83. The molecule has 4 aromatic rings. The lowest BCUT2D eigenvalue weighted by molar-refractivity contribution is 0.976. The van der Waals surface area contributed by atoms with E-state index in [1.165, 1.54) is 0 Å². The van der Waals surface area contributed by atoms with Crippen LogP contribution in [-0.2, 0) is 6.54 Å². The largest absolute Gasteiger partial charge is 0.364 e. The fraction of sp³-hybridized carbons (Fsp3) is 0.0833. The first-order chi connectivity index (χ1) is 14.7. The third kappa shape index (κ3) is 4.04. The molecule has 4 rings (SSSR count). The quantitative estimate of drug-likeness (QED) is 0.509. The Morgan fingerprint density at radius 2 is 1.67 bits per heavy atom. The normalized spacial score (nSPS) is 10.2. The summed E-state index contributed by atoms with van der Waals surface area (Å²) in [6, 6.07) is 23.2. The highest BCUT2D eigenvalue weighted by Gasteiger charge is 2.07. The van der Waals surface area contributed by atoms with Gasteiger partial charge in [-0.3, -0.25) is 5.10 Å². The van der Waals surface area contributed by atoms with E-state index in [0.717, 1.165) is 39.5 Å². The maximum absolute atomic E-state index is 9.05. The minimum atomic E-state index is 0.548. The molecule has 0 spiro atoms. The van der Waals surface area contributed by atoms with Crippen molar-refractivity contribution in [2.75, 3.05) is 5.32 Å². The average Bonchev–Trinajstić information content (AvgIpc) is 3.27. The zero-order chi connectivity index (χ0) is 20.9. The molecule has 6 nitrogen and oxygen atoms in total. The second kappa shape index (κ2) is 8.30. The molecule has 2 aromatic heterocycles. The van der Waals surface area contributed by atoms with Crippen molar-refractivity contribution in [2.24, 2.45) is 0 Å². The van der Waals surface area contributed by atoms with Gasteiger partial charge in [0.2, 0.25) is 0 Å². The summed E-state index contributed by atoms with van der Waals surface area (Å²) < 4.78 is 0. The fourth-order valence-corrected chi connectivity index (χ4v) is 3.25. The average molecular weight is 390 g/mol. The molecule has 0 amide bonds. The van der Waals surface area contributed by atoms with Crippen LogP contribution in [0.2, 0.25) is 0 Å². The molecule has 2 heterocycles. The van der Waals surface area contributed by atoms with Crippen LogP contribution in [0.3, 0.4) is 0 Å². The van der Waals surface area contributed by atoms with Crippen LogP contribution in [-0.4, -0.2) is 15.2 Å². The maximum Gasteiger partial charge on any atom is 0.126 e. The van der Waals surface area contributed by atoms with Gasteiger partial charge in [0.1, 0.15) is 5.82 Å². The van der Waals surface area contributed by atoms with Crippen LogP contribution in [0.15, 0.2) is 66.9 Å². The Balaban J connectivity index is 1.47. The van der Waals surface area contributed by atoms with Crippen molar-refractivity contribution in [3.05, 3.63) is 89.2 Å². The molecule has 0 bridgehead atoms. The molecule has 0 saturated carbocycles. The third-order valence-corrected chi connectivity index (χ3v) is 4.83. The van der Waals surface area contributed by atoms with Crippen LogP contribution in [0.5, 0.6) is 0 Å². The Bertz CT molecular complexity index is 1270. The SMILES string of the molecule is Cc1cc(C#N)ccc1-c1ccnc(NCc2cc(-c3ccc(C#N)cc3)n[nH]2)c1. The molecule has 0 aliphatic heterocycles. The van der Waals surface area contributed by atoms with Gasteiger partial charge in [0.15, 0.2) is 0 Å². The summed E-state index contributed by atoms with van der Waals surface area (Å²) in [6.07, 6.45) is 1.77. The topological polar surface area (TPSA) is 101 Å². The lowest BCUT2D eigenvalue weighted by Gasteiger charge is -2.09. The summed E-state index contributed by atoms with van der Waals surface area (Å²) in [7, 11) is 0. The number of H-pyrrole nitrogens is 1. The van der Waals surface area contributed by atoms with Gasteiger partial charge in [0.25, 0.3) is 0 Å². The van der Waals surface area contributed by atoms with Gasteiger partial charge in [-0.2, -0.15) is 15.6 Å². The summed E-state index contributed by atoms with van der Waals surface area (Å²) in [5.74, 6) is 0.755. The monoisotopic (exact) mass is 390 g/mol. The van der Waals surface area contributed by atoms with Crippen molar-refractivity contribution < 1.29 is 0 Å². The number of pyridine rings is 1. The van der Waals surface area contributed by atoms with Crippen LogP contribution >= 0.6 is 0 Å². The summed E-state index contributed by atoms with van der Waals surface area (Å²) in [5.41, 5.74) is 7.14. The number of hydrogen-bond donors (Lipinski definition) is 2. The van der Waals surface area contributed by atoms with Gasteiger partial charge in [-0.1, -0.05) is 18.2 Å². The molecule has 2 aromatic carbocycles. The van der Waals surface area contributed by atoms with Gasteiger partial charge >= 0.3 is 0 Å². The van der Waals surface area contributed by atoms with Gasteiger partial charge in [-0.05, 0) is 66.1 Å². The van der Waals surface area contributed by atoms with Crippen molar-refractivity contribution in [2.45, 2.75) is 13.5 Å². The van der Waals surface area contributed by atoms with E-state index in [9.17, 15) is 0 Å². The predicted molar refractivity (Wildman–Crippen MR) is 115 cm³/mol. The second-order valence-corrected chi connectivity index (χ2v) is 6.89. The number of aryl methyl sites for hydroxylation is 1. The number of nitrogens with zero attached hydrogens (tertiary/aromatic N) is 4. The number of hydrogen-bond acceptors (Lipinski definition) is 5. The number of nitriles is 2. The van der Waals surface area contributed by atoms with Crippen molar-refractivity contribution in [3.63, 3.8) is 0 Å². The maximum atomic E-state index is 9.05. The molecule has 0 fully saturated rings. The Morgan fingerprint density at radius 3 is 2.40 bits per heavy atom. The molecule has 0 atom stereocenters. The summed E-state index contributed by atoms with van der Waals surface area (Å²) in [6.45, 7) is 2.55. The van der Waals surface area contributed by atoms with Crippen LogP contribution in [0, 0.1) is 29.6 Å². The Morgan fingerprint density at radius 1 is 0.900 bits per heavy atom. The summed E-state index contributed by atoms with van der Waals surface area (Å²) in [4.78, 5) is 4.40. The lowest BCUT2D eigenvalue weighted by Crippen LogP contribution is -2.01. The number of anilines is 1. The van der Waals surface area contributed by atoms with E-state index in [1.807, 2.05) is 55.5 Å². The van der Waals surface area contributed by atoms with Gasteiger partial charge in [0, 0.05) is 11.8 Å². The molecule has 2 N–H and O–H groups in total. The first kappa shape index (κ1) is 18.9. The predicted octanol–water partition coefficient (Wildman–Crippen LogP) is 4.80. The van der Waals surface area contributed by atoms with E-state index in [2.05, 4.69) is 32.6 Å². The van der Waals surface area contributed by atoms with E-state index in [0.29, 0.717) is 17.7 Å². The van der Waals surface area contributed by atoms with E-state index in [-0.39, 0.29) is 0 Å². The number of nitrogens with one attached hydrogen (secondary N) is 2. The Kier molecular flexibility index (Phi) is 5.23. The molecule has 0 aliphatic rings. The number of rotatable bonds is 5. The zero-order valence-corrected chi connectivity index (χ0v) is 16.3. The number of benzene rings is 2. The highest BCUT2D eigenvalue weighted by Crippen LogP contribution is 2.26. The molecule has 0 unspecified atom stereocenters. The van der Waals surface area contributed by atoms with E-state index in [1.54, 1.807) is 18.3 Å². The standard InChI is InChI=1S/C24H18N6/c1-16-10-18(14-26)4-7-22(16)20-8-9-27-24(11-20)28-15-21-12-23(30-29-21)19-5-2-17(13-25)3-6-19/h2-12H,15H2,1H3,(H,27,28)(H,29,30). The van der Waals surface area contributed by atoms with Crippen molar-refractivity contribution in [3.8, 4) is 34.5 Å². The molecular formula is C24H18N6. The smallest absolute Gasteiger partial charge is 0.126 e. The Hall–Kier alpha value is -4.42.